The van der Waals surface area contributed by atoms with Gasteiger partial charge < -0.3 is 19.9 Å². The van der Waals surface area contributed by atoms with Gasteiger partial charge in [0, 0.05) is 51.0 Å². The summed E-state index contributed by atoms with van der Waals surface area (Å²) < 4.78 is 7.25. The Kier molecular flexibility index (Phi) is 6.91. The number of pyridine rings is 1. The average molecular weight is 395 g/mol. The highest BCUT2D eigenvalue weighted by Gasteiger charge is 2.12. The second-order valence-electron chi connectivity index (χ2n) is 6.68. The summed E-state index contributed by atoms with van der Waals surface area (Å²) in [5, 5.41) is 5.57. The molecule has 0 saturated heterocycles. The maximum absolute atomic E-state index is 12.3. The van der Waals surface area contributed by atoms with Crippen molar-refractivity contribution in [1.82, 2.24) is 14.5 Å². The van der Waals surface area contributed by atoms with E-state index >= 15 is 0 Å². The van der Waals surface area contributed by atoms with Gasteiger partial charge in [-0.2, -0.15) is 0 Å². The van der Waals surface area contributed by atoms with Gasteiger partial charge in [-0.15, -0.1) is 0 Å². The van der Waals surface area contributed by atoms with Crippen molar-refractivity contribution in [3.8, 4) is 0 Å². The molecule has 2 heterocycles. The molecule has 0 radical (unpaired) electrons. The number of fused-ring (bicyclic) bond motifs is 1. The average Bonchev–Trinajstić information content (AvgIpc) is 3.05. The van der Waals surface area contributed by atoms with Gasteiger partial charge in [-0.3, -0.25) is 9.59 Å². The molecule has 3 rings (SSSR count). The molecular formula is C21H25N5O3. The summed E-state index contributed by atoms with van der Waals surface area (Å²) in [5.41, 5.74) is 3.07. The van der Waals surface area contributed by atoms with Crippen LogP contribution in [0.15, 0.2) is 42.6 Å². The lowest BCUT2D eigenvalue weighted by Crippen LogP contribution is -2.13. The minimum Gasteiger partial charge on any atom is -0.383 e. The number of hydrogen-bond acceptors (Lipinski definition) is 5. The van der Waals surface area contributed by atoms with E-state index in [4.69, 9.17) is 4.74 Å². The van der Waals surface area contributed by atoms with Gasteiger partial charge in [0.25, 0.3) is 0 Å². The fourth-order valence-corrected chi connectivity index (χ4v) is 3.08. The highest BCUT2D eigenvalue weighted by molar-refractivity contribution is 5.92. The summed E-state index contributed by atoms with van der Waals surface area (Å²) in [5.74, 6) is 0.715. The Labute approximate surface area is 169 Å². The highest BCUT2D eigenvalue weighted by atomic mass is 16.5. The van der Waals surface area contributed by atoms with Gasteiger partial charge in [0.2, 0.25) is 11.8 Å². The molecule has 0 unspecified atom stereocenters. The summed E-state index contributed by atoms with van der Waals surface area (Å²) in [7, 11) is 1.67. The zero-order chi connectivity index (χ0) is 20.6. The Morgan fingerprint density at radius 2 is 1.83 bits per heavy atom. The lowest BCUT2D eigenvalue weighted by Gasteiger charge is -2.09. The van der Waals surface area contributed by atoms with Crippen molar-refractivity contribution in [3.63, 3.8) is 0 Å². The van der Waals surface area contributed by atoms with Crippen LogP contribution in [0.1, 0.15) is 25.6 Å². The van der Waals surface area contributed by atoms with Crippen LogP contribution < -0.4 is 10.6 Å². The molecular weight excluding hydrogens is 370 g/mol. The third kappa shape index (κ3) is 5.61. The summed E-state index contributed by atoms with van der Waals surface area (Å²) in [6.07, 6.45) is 3.48. The molecule has 0 bridgehead atoms. The van der Waals surface area contributed by atoms with Gasteiger partial charge in [0.1, 0.15) is 11.3 Å². The molecule has 0 saturated carbocycles. The van der Waals surface area contributed by atoms with Crippen LogP contribution in [-0.2, 0) is 27.3 Å². The topological polar surface area (TPSA) is 98.1 Å². The third-order valence-corrected chi connectivity index (χ3v) is 4.40. The second kappa shape index (κ2) is 9.79. The molecule has 8 nitrogen and oxygen atoms in total. The van der Waals surface area contributed by atoms with E-state index in [0.29, 0.717) is 43.8 Å². The number of carbonyl (C=O) groups is 2. The van der Waals surface area contributed by atoms with E-state index in [1.165, 1.54) is 6.92 Å². The van der Waals surface area contributed by atoms with Crippen LogP contribution in [0.4, 0.5) is 11.4 Å². The number of rotatable bonds is 9. The van der Waals surface area contributed by atoms with Crippen molar-refractivity contribution < 1.29 is 14.3 Å². The van der Waals surface area contributed by atoms with Crippen LogP contribution in [0.3, 0.4) is 0 Å². The lowest BCUT2D eigenvalue weighted by atomic mass is 10.2. The number of nitrogens with one attached hydrogen (secondary N) is 2. The van der Waals surface area contributed by atoms with E-state index in [2.05, 4.69) is 25.2 Å². The number of aromatic nitrogens is 3. The molecule has 2 N–H and O–H groups in total. The Bertz CT molecular complexity index is 982. The number of imidazole rings is 1. The fourth-order valence-electron chi connectivity index (χ4n) is 3.08. The Hall–Kier alpha value is -3.26. The SMILES string of the molecule is COCCn1c(CCCC(=O)Nc2ccc(NC(C)=O)cc2)nc2cccnc21. The molecule has 1 aromatic carbocycles. The molecule has 0 fully saturated rings. The van der Waals surface area contributed by atoms with E-state index in [9.17, 15) is 9.59 Å². The predicted octanol–water partition coefficient (Wildman–Crippen LogP) is 3.00. The van der Waals surface area contributed by atoms with Gasteiger partial charge in [-0.25, -0.2) is 9.97 Å². The Morgan fingerprint density at radius 3 is 2.52 bits per heavy atom. The van der Waals surface area contributed by atoms with Crippen molar-refractivity contribution in [2.24, 2.45) is 0 Å². The third-order valence-electron chi connectivity index (χ3n) is 4.40. The molecule has 8 heteroatoms. The van der Waals surface area contributed by atoms with E-state index in [0.717, 1.165) is 17.0 Å². The number of anilines is 2. The van der Waals surface area contributed by atoms with Crippen LogP contribution in [0.5, 0.6) is 0 Å². The van der Waals surface area contributed by atoms with Crippen molar-refractivity contribution in [3.05, 3.63) is 48.4 Å². The maximum Gasteiger partial charge on any atom is 0.224 e. The first-order chi connectivity index (χ1) is 14.1. The van der Waals surface area contributed by atoms with E-state index in [1.54, 1.807) is 37.6 Å². The molecule has 2 aromatic heterocycles. The van der Waals surface area contributed by atoms with Crippen molar-refractivity contribution >= 4 is 34.4 Å². The highest BCUT2D eigenvalue weighted by Crippen LogP contribution is 2.17. The Morgan fingerprint density at radius 1 is 1.10 bits per heavy atom. The number of benzene rings is 1. The number of hydrogen-bond donors (Lipinski definition) is 2. The van der Waals surface area contributed by atoms with Crippen molar-refractivity contribution in [2.75, 3.05) is 24.4 Å². The van der Waals surface area contributed by atoms with Crippen molar-refractivity contribution in [2.45, 2.75) is 32.7 Å². The monoisotopic (exact) mass is 395 g/mol. The summed E-state index contributed by atoms with van der Waals surface area (Å²) in [4.78, 5) is 32.4. The number of aryl methyl sites for hydroxylation is 1. The standard InChI is InChI=1S/C21H25N5O3/c1-15(27)23-16-8-10-17(11-9-16)24-20(28)7-3-6-19-25-18-5-4-12-22-21(18)26(19)13-14-29-2/h4-5,8-12H,3,6-7,13-14H2,1-2H3,(H,23,27)(H,24,28). The van der Waals surface area contributed by atoms with Gasteiger partial charge in [-0.1, -0.05) is 0 Å². The van der Waals surface area contributed by atoms with E-state index < -0.39 is 0 Å². The lowest BCUT2D eigenvalue weighted by molar-refractivity contribution is -0.116. The number of carbonyl (C=O) groups excluding carboxylic acids is 2. The summed E-state index contributed by atoms with van der Waals surface area (Å²) in [6, 6.07) is 10.8. The first kappa shape index (κ1) is 20.5. The quantitative estimate of drug-likeness (QED) is 0.580. The molecule has 0 aliphatic carbocycles. The van der Waals surface area contributed by atoms with Gasteiger partial charge >= 0.3 is 0 Å². The first-order valence-corrected chi connectivity index (χ1v) is 9.53. The number of amides is 2. The summed E-state index contributed by atoms with van der Waals surface area (Å²) in [6.45, 7) is 2.70. The molecule has 3 aromatic rings. The van der Waals surface area contributed by atoms with Gasteiger partial charge in [-0.05, 0) is 42.8 Å². The van der Waals surface area contributed by atoms with Crippen LogP contribution in [0.25, 0.3) is 11.2 Å². The molecule has 0 atom stereocenters. The van der Waals surface area contributed by atoms with E-state index in [-0.39, 0.29) is 11.8 Å². The molecule has 152 valence electrons. The van der Waals surface area contributed by atoms with E-state index in [1.807, 2.05) is 12.1 Å². The van der Waals surface area contributed by atoms with Gasteiger partial charge in [0.15, 0.2) is 5.65 Å². The van der Waals surface area contributed by atoms with Crippen LogP contribution >= 0.6 is 0 Å². The Balaban J connectivity index is 1.55. The zero-order valence-corrected chi connectivity index (χ0v) is 16.6. The smallest absolute Gasteiger partial charge is 0.224 e. The molecule has 0 aliphatic rings. The molecule has 29 heavy (non-hydrogen) atoms. The van der Waals surface area contributed by atoms with Crippen LogP contribution in [-0.4, -0.2) is 40.1 Å². The number of ether oxygens (including phenoxy) is 1. The molecule has 0 spiro atoms. The van der Waals surface area contributed by atoms with Crippen LogP contribution in [0.2, 0.25) is 0 Å². The van der Waals surface area contributed by atoms with Gasteiger partial charge in [0.05, 0.1) is 6.61 Å². The number of nitrogens with zero attached hydrogens (tertiary/aromatic N) is 3. The minimum absolute atomic E-state index is 0.0602. The first-order valence-electron chi connectivity index (χ1n) is 9.53. The second-order valence-corrected chi connectivity index (χ2v) is 6.68. The largest absolute Gasteiger partial charge is 0.383 e. The number of methoxy groups -OCH3 is 1. The predicted molar refractivity (Wildman–Crippen MR) is 112 cm³/mol. The molecule has 2 amide bonds. The minimum atomic E-state index is -0.131. The van der Waals surface area contributed by atoms with Crippen molar-refractivity contribution in [1.29, 1.82) is 0 Å². The summed E-state index contributed by atoms with van der Waals surface area (Å²) >= 11 is 0. The normalized spacial score (nSPS) is 10.8. The fraction of sp³-hybridized carbons (Fsp3) is 0.333. The zero-order valence-electron chi connectivity index (χ0n) is 16.6. The van der Waals surface area contributed by atoms with Crippen LogP contribution in [0, 0.1) is 0 Å². The molecule has 0 aliphatic heterocycles. The maximum atomic E-state index is 12.3.